The Bertz CT molecular complexity index is 760. The summed E-state index contributed by atoms with van der Waals surface area (Å²) in [4.78, 5) is 9.90. The van der Waals surface area contributed by atoms with E-state index >= 15 is 0 Å². The maximum atomic E-state index is 12.9. The van der Waals surface area contributed by atoms with Gasteiger partial charge in [0.25, 0.3) is 5.69 Å². The molecule has 0 N–H and O–H groups in total. The summed E-state index contributed by atoms with van der Waals surface area (Å²) < 4.78 is 63.6. The van der Waals surface area contributed by atoms with Crippen LogP contribution < -0.4 is 0 Å². The minimum Gasteiger partial charge on any atom is -0.258 e. The number of nitro groups is 1. The molecular formula is C18H18F5NO2. The third kappa shape index (κ3) is 4.77. The third-order valence-corrected chi connectivity index (χ3v) is 3.59. The van der Waals surface area contributed by atoms with Crippen molar-refractivity contribution in [3.63, 3.8) is 0 Å². The van der Waals surface area contributed by atoms with Crippen LogP contribution >= 0.6 is 0 Å². The molecular weight excluding hydrogens is 357 g/mol. The summed E-state index contributed by atoms with van der Waals surface area (Å²) in [6.07, 6.45) is 0. The highest BCUT2D eigenvalue weighted by atomic mass is 19.2. The summed E-state index contributed by atoms with van der Waals surface area (Å²) in [5.74, 6) is -9.76. The Labute approximate surface area is 147 Å². The number of nitrogens with zero attached hydrogens (tertiary/aromatic N) is 1. The van der Waals surface area contributed by atoms with Crippen molar-refractivity contribution in [2.45, 2.75) is 39.5 Å². The Morgan fingerprint density at radius 2 is 1.12 bits per heavy atom. The molecule has 0 atom stereocenters. The fourth-order valence-electron chi connectivity index (χ4n) is 2.11. The fourth-order valence-corrected chi connectivity index (χ4v) is 2.11. The maximum absolute atomic E-state index is 12.9. The number of hydrogen-bond donors (Lipinski definition) is 0. The van der Waals surface area contributed by atoms with Crippen LogP contribution in [0.3, 0.4) is 0 Å². The summed E-state index contributed by atoms with van der Waals surface area (Å²) in [5, 5.41) is 10.3. The smallest absolute Gasteiger partial charge is 0.258 e. The summed E-state index contributed by atoms with van der Waals surface area (Å²) in [6, 6.07) is 6.66. The monoisotopic (exact) mass is 375 g/mol. The normalized spacial score (nSPS) is 10.7. The number of non-ortho nitro benzene ring substituents is 1. The second kappa shape index (κ2) is 8.73. The van der Waals surface area contributed by atoms with E-state index in [0.29, 0.717) is 5.92 Å². The molecule has 0 heterocycles. The Hall–Kier alpha value is -2.51. The zero-order valence-electron chi connectivity index (χ0n) is 14.6. The van der Waals surface area contributed by atoms with E-state index in [9.17, 15) is 32.1 Å². The molecule has 0 unspecified atom stereocenters. The molecule has 2 aromatic rings. The fraction of sp³-hybridized carbons (Fsp3) is 0.333. The number of hydrogen-bond acceptors (Lipinski definition) is 2. The molecule has 0 saturated carbocycles. The minimum atomic E-state index is -2.12. The Balaban J connectivity index is 0.000000263. The van der Waals surface area contributed by atoms with Gasteiger partial charge in [-0.2, -0.15) is 0 Å². The minimum absolute atomic E-state index is 0.152. The zero-order chi connectivity index (χ0) is 20.2. The van der Waals surface area contributed by atoms with E-state index in [0.717, 1.165) is 5.56 Å². The molecule has 0 aliphatic heterocycles. The molecule has 0 amide bonds. The second-order valence-corrected chi connectivity index (χ2v) is 6.14. The molecule has 0 spiro atoms. The first kappa shape index (κ1) is 21.5. The molecule has 0 bridgehead atoms. The standard InChI is InChI=1S/C9H7F5.C9H11NO2/c1-3(2)4-5(10)7(12)9(14)8(13)6(4)11;1-7(2)8-3-5-9(6-4-8)10(11)12/h3H,1-2H3;3-7H,1-2H3. The van der Waals surface area contributed by atoms with Crippen molar-refractivity contribution in [3.05, 3.63) is 74.6 Å². The summed E-state index contributed by atoms with van der Waals surface area (Å²) in [7, 11) is 0. The van der Waals surface area contributed by atoms with E-state index < -0.39 is 40.6 Å². The molecule has 2 rings (SSSR count). The Morgan fingerprint density at radius 1 is 0.731 bits per heavy atom. The van der Waals surface area contributed by atoms with Gasteiger partial charge in [0.2, 0.25) is 5.82 Å². The third-order valence-electron chi connectivity index (χ3n) is 3.59. The van der Waals surface area contributed by atoms with Crippen molar-refractivity contribution in [3.8, 4) is 0 Å². The zero-order valence-corrected chi connectivity index (χ0v) is 14.6. The van der Waals surface area contributed by atoms with Crippen LogP contribution in [0.15, 0.2) is 24.3 Å². The van der Waals surface area contributed by atoms with E-state index in [1.807, 2.05) is 0 Å². The van der Waals surface area contributed by atoms with Gasteiger partial charge in [0, 0.05) is 17.7 Å². The van der Waals surface area contributed by atoms with Gasteiger partial charge in [0.15, 0.2) is 23.3 Å². The average Bonchev–Trinajstić information content (AvgIpc) is 2.58. The van der Waals surface area contributed by atoms with Crippen molar-refractivity contribution >= 4 is 5.69 Å². The van der Waals surface area contributed by atoms with Gasteiger partial charge in [-0.3, -0.25) is 10.1 Å². The topological polar surface area (TPSA) is 43.1 Å². The summed E-state index contributed by atoms with van der Waals surface area (Å²) >= 11 is 0. The first-order chi connectivity index (χ1) is 12.0. The molecule has 0 saturated heterocycles. The van der Waals surface area contributed by atoms with Gasteiger partial charge < -0.3 is 0 Å². The van der Waals surface area contributed by atoms with Crippen LogP contribution in [0.5, 0.6) is 0 Å². The van der Waals surface area contributed by atoms with Crippen LogP contribution in [0.4, 0.5) is 27.6 Å². The molecule has 26 heavy (non-hydrogen) atoms. The van der Waals surface area contributed by atoms with Crippen molar-refractivity contribution < 1.29 is 26.9 Å². The van der Waals surface area contributed by atoms with Gasteiger partial charge in [-0.15, -0.1) is 0 Å². The largest absolute Gasteiger partial charge is 0.269 e. The van der Waals surface area contributed by atoms with Crippen molar-refractivity contribution in [2.24, 2.45) is 0 Å². The van der Waals surface area contributed by atoms with Crippen molar-refractivity contribution in [1.29, 1.82) is 0 Å². The SMILES string of the molecule is CC(C)c1c(F)c(F)c(F)c(F)c1F.CC(C)c1ccc([N+](=O)[O-])cc1. The number of rotatable bonds is 3. The maximum Gasteiger partial charge on any atom is 0.269 e. The highest BCUT2D eigenvalue weighted by molar-refractivity contribution is 5.33. The lowest BCUT2D eigenvalue weighted by molar-refractivity contribution is -0.384. The number of halogens is 5. The van der Waals surface area contributed by atoms with Crippen molar-refractivity contribution in [2.75, 3.05) is 0 Å². The lowest BCUT2D eigenvalue weighted by Crippen LogP contribution is -2.08. The lowest BCUT2D eigenvalue weighted by atomic mass is 10.0. The summed E-state index contributed by atoms with van der Waals surface area (Å²) in [5.41, 5.74) is 0.501. The van der Waals surface area contributed by atoms with Gasteiger partial charge in [0.05, 0.1) is 4.92 Å². The first-order valence-electron chi connectivity index (χ1n) is 7.74. The van der Waals surface area contributed by atoms with Gasteiger partial charge in [-0.25, -0.2) is 22.0 Å². The van der Waals surface area contributed by atoms with Crippen molar-refractivity contribution in [1.82, 2.24) is 0 Å². The highest BCUT2D eigenvalue weighted by Crippen LogP contribution is 2.28. The van der Waals surface area contributed by atoms with E-state index in [-0.39, 0.29) is 10.6 Å². The number of nitro benzene ring substituents is 1. The summed E-state index contributed by atoms with van der Waals surface area (Å²) in [6.45, 7) is 6.80. The van der Waals surface area contributed by atoms with Crippen LogP contribution in [-0.4, -0.2) is 4.92 Å². The van der Waals surface area contributed by atoms with E-state index in [1.165, 1.54) is 26.0 Å². The highest BCUT2D eigenvalue weighted by Gasteiger charge is 2.26. The Kier molecular flexibility index (Phi) is 7.23. The molecule has 2 aromatic carbocycles. The molecule has 0 aliphatic carbocycles. The predicted molar refractivity (Wildman–Crippen MR) is 87.5 cm³/mol. The number of benzene rings is 2. The molecule has 0 aromatic heterocycles. The van der Waals surface area contributed by atoms with Gasteiger partial charge in [0.1, 0.15) is 0 Å². The van der Waals surface area contributed by atoms with Crippen LogP contribution in [-0.2, 0) is 0 Å². The first-order valence-corrected chi connectivity index (χ1v) is 7.74. The van der Waals surface area contributed by atoms with Gasteiger partial charge in [-0.1, -0.05) is 39.8 Å². The van der Waals surface area contributed by atoms with Crippen LogP contribution in [0.25, 0.3) is 0 Å². The van der Waals surface area contributed by atoms with Crippen LogP contribution in [0, 0.1) is 39.2 Å². The van der Waals surface area contributed by atoms with Crippen LogP contribution in [0.1, 0.15) is 50.7 Å². The van der Waals surface area contributed by atoms with Crippen LogP contribution in [0.2, 0.25) is 0 Å². The van der Waals surface area contributed by atoms with E-state index in [2.05, 4.69) is 13.8 Å². The van der Waals surface area contributed by atoms with Gasteiger partial charge >= 0.3 is 0 Å². The van der Waals surface area contributed by atoms with Gasteiger partial charge in [-0.05, 0) is 17.4 Å². The van der Waals surface area contributed by atoms with E-state index in [1.54, 1.807) is 12.1 Å². The molecule has 0 fully saturated rings. The average molecular weight is 375 g/mol. The predicted octanol–water partition coefficient (Wildman–Crippen LogP) is 6.22. The molecule has 0 aliphatic rings. The van der Waals surface area contributed by atoms with E-state index in [4.69, 9.17) is 0 Å². The molecule has 0 radical (unpaired) electrons. The lowest BCUT2D eigenvalue weighted by Gasteiger charge is -2.10. The second-order valence-electron chi connectivity index (χ2n) is 6.14. The molecule has 142 valence electrons. The Morgan fingerprint density at radius 3 is 1.42 bits per heavy atom. The molecule has 8 heteroatoms. The quantitative estimate of drug-likeness (QED) is 0.210. The molecule has 3 nitrogen and oxygen atoms in total.